The number of carbonyl (C=O) groups is 2. The van der Waals surface area contributed by atoms with Crippen LogP contribution in [0.3, 0.4) is 0 Å². The Morgan fingerprint density at radius 3 is 0.962 bits per heavy atom. The van der Waals surface area contributed by atoms with Crippen molar-refractivity contribution in [1.29, 1.82) is 0 Å². The average molecular weight is 1110 g/mol. The second-order valence-electron chi connectivity index (χ2n) is 24.6. The van der Waals surface area contributed by atoms with Crippen molar-refractivity contribution in [1.82, 2.24) is 5.32 Å². The molecule has 0 fully saturated rings. The quantitative estimate of drug-likeness (QED) is 0.0320. The molecule has 0 spiro atoms. The number of amides is 1. The van der Waals surface area contributed by atoms with Crippen molar-refractivity contribution < 1.29 is 24.5 Å². The van der Waals surface area contributed by atoms with Crippen LogP contribution in [0.15, 0.2) is 36.5 Å². The molecule has 6 heteroatoms. The van der Waals surface area contributed by atoms with E-state index in [1.165, 1.54) is 321 Å². The molecule has 0 saturated heterocycles. The van der Waals surface area contributed by atoms with Gasteiger partial charge in [0.05, 0.1) is 25.4 Å². The molecule has 0 aliphatic heterocycles. The van der Waals surface area contributed by atoms with Gasteiger partial charge in [0.2, 0.25) is 5.91 Å². The molecule has 3 N–H and O–H groups in total. The molecule has 0 radical (unpaired) electrons. The van der Waals surface area contributed by atoms with Crippen LogP contribution in [0.1, 0.15) is 393 Å². The summed E-state index contributed by atoms with van der Waals surface area (Å²) in [4.78, 5) is 24.6. The third-order valence-electron chi connectivity index (χ3n) is 16.7. The number of hydrogen-bond donors (Lipinski definition) is 3. The highest BCUT2D eigenvalue weighted by molar-refractivity contribution is 5.76. The zero-order valence-corrected chi connectivity index (χ0v) is 53.4. The Bertz CT molecular complexity index is 1280. The van der Waals surface area contributed by atoms with E-state index in [-0.39, 0.29) is 18.5 Å². The van der Waals surface area contributed by atoms with Gasteiger partial charge in [-0.25, -0.2) is 0 Å². The molecule has 0 bridgehead atoms. The molecule has 466 valence electrons. The van der Waals surface area contributed by atoms with Gasteiger partial charge in [0, 0.05) is 12.8 Å². The van der Waals surface area contributed by atoms with Crippen molar-refractivity contribution in [2.45, 2.75) is 405 Å². The highest BCUT2D eigenvalue weighted by Crippen LogP contribution is 2.18. The van der Waals surface area contributed by atoms with Crippen molar-refractivity contribution >= 4 is 11.9 Å². The standard InChI is InChI=1S/C73H139NO5/c1-3-5-7-9-11-13-15-17-19-34-39-43-47-51-55-59-63-67-73(78)79-68-64-60-56-52-48-44-40-36-33-31-29-27-25-23-21-22-24-26-28-30-32-35-38-42-46-50-54-58-62-66-72(77)74-70(69-75)71(76)65-61-57-53-49-45-41-37-20-18-16-14-12-10-8-6-4-2/h21,23,27,29,61,65,70-71,75-76H,3-20,22,24-26,28,30-60,62-64,66-69H2,1-2H3,(H,74,77)/b23-21-,29-27-,65-61+. The summed E-state index contributed by atoms with van der Waals surface area (Å²) in [6, 6.07) is -0.629. The molecule has 0 aliphatic rings. The largest absolute Gasteiger partial charge is 0.466 e. The zero-order valence-electron chi connectivity index (χ0n) is 53.4. The molecule has 1 amide bonds. The molecule has 2 unspecified atom stereocenters. The first-order chi connectivity index (χ1) is 39.0. The van der Waals surface area contributed by atoms with Gasteiger partial charge in [-0.2, -0.15) is 0 Å². The molecule has 0 heterocycles. The normalized spacial score (nSPS) is 12.7. The van der Waals surface area contributed by atoms with E-state index >= 15 is 0 Å². The fourth-order valence-corrected chi connectivity index (χ4v) is 11.2. The van der Waals surface area contributed by atoms with Crippen LogP contribution in [0, 0.1) is 0 Å². The molecule has 2 atom stereocenters. The number of esters is 1. The number of carbonyl (C=O) groups excluding carboxylic acids is 2. The van der Waals surface area contributed by atoms with Crippen LogP contribution in [0.2, 0.25) is 0 Å². The van der Waals surface area contributed by atoms with Crippen molar-refractivity contribution in [3.63, 3.8) is 0 Å². The minimum atomic E-state index is -0.845. The number of ether oxygens (including phenoxy) is 1. The summed E-state index contributed by atoms with van der Waals surface area (Å²) in [7, 11) is 0. The predicted octanol–water partition coefficient (Wildman–Crippen LogP) is 23.1. The first-order valence-electron chi connectivity index (χ1n) is 35.8. The van der Waals surface area contributed by atoms with Crippen LogP contribution in [0.4, 0.5) is 0 Å². The topological polar surface area (TPSA) is 95.9 Å². The first kappa shape index (κ1) is 77.1. The Hall–Kier alpha value is -1.92. The van der Waals surface area contributed by atoms with E-state index in [0.717, 1.165) is 44.9 Å². The van der Waals surface area contributed by atoms with Crippen LogP contribution < -0.4 is 5.32 Å². The van der Waals surface area contributed by atoms with Crippen LogP contribution in [0.5, 0.6) is 0 Å². The number of nitrogens with one attached hydrogen (secondary N) is 1. The molecule has 79 heavy (non-hydrogen) atoms. The van der Waals surface area contributed by atoms with Gasteiger partial charge in [0.15, 0.2) is 0 Å². The van der Waals surface area contributed by atoms with Gasteiger partial charge >= 0.3 is 5.97 Å². The molecule has 0 aromatic rings. The maximum absolute atomic E-state index is 12.5. The summed E-state index contributed by atoms with van der Waals surface area (Å²) in [5.74, 6) is -0.0505. The lowest BCUT2D eigenvalue weighted by Crippen LogP contribution is -2.45. The van der Waals surface area contributed by atoms with Crippen molar-refractivity contribution in [2.24, 2.45) is 0 Å². The number of allylic oxidation sites excluding steroid dienone is 5. The van der Waals surface area contributed by atoms with Gasteiger partial charge in [0.1, 0.15) is 0 Å². The number of aliphatic hydroxyl groups excluding tert-OH is 2. The average Bonchev–Trinajstić information content (AvgIpc) is 3.45. The number of rotatable bonds is 67. The van der Waals surface area contributed by atoms with Gasteiger partial charge < -0.3 is 20.3 Å². The highest BCUT2D eigenvalue weighted by atomic mass is 16.5. The lowest BCUT2D eigenvalue weighted by atomic mass is 10.0. The SMILES string of the molecule is CCCCCCCCCCCCCCCC/C=C/C(O)C(CO)NC(=O)CCCCCCCCCCCCCCC/C=C\C/C=C\CCCCCCCCCCCOC(=O)CCCCCCCCCCCCCCCCCCC. The van der Waals surface area contributed by atoms with E-state index in [1.54, 1.807) is 6.08 Å². The number of hydrogen-bond acceptors (Lipinski definition) is 5. The summed E-state index contributed by atoms with van der Waals surface area (Å²) in [5, 5.41) is 23.2. The van der Waals surface area contributed by atoms with Crippen molar-refractivity contribution in [3.05, 3.63) is 36.5 Å². The number of aliphatic hydroxyl groups is 2. The van der Waals surface area contributed by atoms with Crippen LogP contribution >= 0.6 is 0 Å². The van der Waals surface area contributed by atoms with Crippen LogP contribution in [-0.4, -0.2) is 47.4 Å². The fourth-order valence-electron chi connectivity index (χ4n) is 11.2. The Labute approximate surface area is 494 Å². The maximum atomic E-state index is 12.5. The van der Waals surface area contributed by atoms with Crippen molar-refractivity contribution in [3.8, 4) is 0 Å². The molecule has 6 nitrogen and oxygen atoms in total. The minimum absolute atomic E-state index is 0.0161. The van der Waals surface area contributed by atoms with Crippen molar-refractivity contribution in [2.75, 3.05) is 13.2 Å². The van der Waals surface area contributed by atoms with E-state index in [2.05, 4.69) is 43.5 Å². The Kier molecular flexibility index (Phi) is 66.9. The van der Waals surface area contributed by atoms with E-state index in [1.807, 2.05) is 6.08 Å². The van der Waals surface area contributed by atoms with E-state index < -0.39 is 12.1 Å². The third-order valence-corrected chi connectivity index (χ3v) is 16.7. The zero-order chi connectivity index (χ0) is 57.1. The molecule has 0 aliphatic carbocycles. The van der Waals surface area contributed by atoms with E-state index in [0.29, 0.717) is 19.4 Å². The minimum Gasteiger partial charge on any atom is -0.466 e. The van der Waals surface area contributed by atoms with Gasteiger partial charge in [0.25, 0.3) is 0 Å². The molecular weight excluding hydrogens is 971 g/mol. The smallest absolute Gasteiger partial charge is 0.305 e. The molecule has 0 aromatic carbocycles. The van der Waals surface area contributed by atoms with Gasteiger partial charge in [-0.3, -0.25) is 9.59 Å². The monoisotopic (exact) mass is 1110 g/mol. The van der Waals surface area contributed by atoms with Crippen LogP contribution in [-0.2, 0) is 14.3 Å². The Morgan fingerprint density at radius 2 is 0.633 bits per heavy atom. The van der Waals surface area contributed by atoms with Gasteiger partial charge in [-0.05, 0) is 64.2 Å². The summed E-state index contributed by atoms with van der Waals surface area (Å²) in [6.45, 7) is 4.94. The van der Waals surface area contributed by atoms with Gasteiger partial charge in [-0.1, -0.05) is 352 Å². The Morgan fingerprint density at radius 1 is 0.354 bits per heavy atom. The first-order valence-corrected chi connectivity index (χ1v) is 35.8. The van der Waals surface area contributed by atoms with Crippen LogP contribution in [0.25, 0.3) is 0 Å². The molecular formula is C73H139NO5. The second kappa shape index (κ2) is 68.6. The Balaban J connectivity index is 3.40. The lowest BCUT2D eigenvalue weighted by Gasteiger charge is -2.20. The van der Waals surface area contributed by atoms with Gasteiger partial charge in [-0.15, -0.1) is 0 Å². The summed E-state index contributed by atoms with van der Waals surface area (Å²) in [6.07, 6.45) is 88.0. The third kappa shape index (κ3) is 65.1. The predicted molar refractivity (Wildman–Crippen MR) is 347 cm³/mol. The number of unbranched alkanes of at least 4 members (excludes halogenated alkanes) is 52. The van der Waals surface area contributed by atoms with E-state index in [9.17, 15) is 19.8 Å². The second-order valence-corrected chi connectivity index (χ2v) is 24.6. The summed E-state index contributed by atoms with van der Waals surface area (Å²) < 4.78 is 5.50. The molecule has 0 rings (SSSR count). The maximum Gasteiger partial charge on any atom is 0.305 e. The lowest BCUT2D eigenvalue weighted by molar-refractivity contribution is -0.143. The molecule has 0 aromatic heterocycles. The molecule has 0 saturated carbocycles. The highest BCUT2D eigenvalue weighted by Gasteiger charge is 2.18. The summed E-state index contributed by atoms with van der Waals surface area (Å²) in [5.41, 5.74) is 0. The van der Waals surface area contributed by atoms with E-state index in [4.69, 9.17) is 4.74 Å². The fraction of sp³-hybridized carbons (Fsp3) is 0.890. The summed E-state index contributed by atoms with van der Waals surface area (Å²) >= 11 is 0.